The van der Waals surface area contributed by atoms with Crippen molar-refractivity contribution in [1.82, 2.24) is 10.4 Å². The predicted molar refractivity (Wildman–Crippen MR) is 88.3 cm³/mol. The quantitative estimate of drug-likeness (QED) is 0.484. The van der Waals surface area contributed by atoms with Crippen molar-refractivity contribution < 1.29 is 9.47 Å². The average Bonchev–Trinajstić information content (AvgIpc) is 2.86. The molecule has 0 aromatic heterocycles. The van der Waals surface area contributed by atoms with E-state index in [1.54, 1.807) is 32.8 Å². The second-order valence-electron chi connectivity index (χ2n) is 4.41. The van der Waals surface area contributed by atoms with E-state index in [4.69, 9.17) is 33.9 Å². The Labute approximate surface area is 130 Å². The van der Waals surface area contributed by atoms with E-state index < -0.39 is 5.79 Å². The fraction of sp³-hybridized carbons (Fsp3) is 0.667. The van der Waals surface area contributed by atoms with Crippen molar-refractivity contribution in [1.29, 1.82) is 0 Å². The summed E-state index contributed by atoms with van der Waals surface area (Å²) in [5.74, 6) is -1.06. The molecule has 112 valence electrons. The van der Waals surface area contributed by atoms with Gasteiger partial charge in [0.2, 0.25) is 0 Å². The lowest BCUT2D eigenvalue weighted by Crippen LogP contribution is -2.47. The summed E-state index contributed by atoms with van der Waals surface area (Å²) in [4.78, 5) is 1.22. The summed E-state index contributed by atoms with van der Waals surface area (Å²) in [6.45, 7) is 8.14. The largest absolute Gasteiger partial charge is 0.338 e. The predicted octanol–water partition coefficient (Wildman–Crippen LogP) is 1.70. The Morgan fingerprint density at radius 2 is 1.65 bits per heavy atom. The molecule has 1 saturated heterocycles. The normalized spacial score (nSPS) is 18.9. The van der Waals surface area contributed by atoms with E-state index in [9.17, 15) is 0 Å². The van der Waals surface area contributed by atoms with Gasteiger partial charge < -0.3 is 9.47 Å². The van der Waals surface area contributed by atoms with Crippen molar-refractivity contribution in [2.45, 2.75) is 33.5 Å². The lowest BCUT2D eigenvalue weighted by atomic mass is 10.1. The molecule has 1 aliphatic heterocycles. The third-order valence-corrected chi connectivity index (χ3v) is 3.14. The molecule has 0 atom stereocenters. The van der Waals surface area contributed by atoms with E-state index in [0.29, 0.717) is 34.6 Å². The summed E-state index contributed by atoms with van der Waals surface area (Å²) in [5.41, 5.74) is 3.98. The van der Waals surface area contributed by atoms with Gasteiger partial charge in [-0.15, -0.1) is 0 Å². The molecule has 0 aromatic carbocycles. The third-order valence-electron chi connectivity index (χ3n) is 2.78. The van der Waals surface area contributed by atoms with Gasteiger partial charge in [-0.25, -0.2) is 0 Å². The van der Waals surface area contributed by atoms with Crippen LogP contribution in [-0.2, 0) is 9.47 Å². The fourth-order valence-corrected chi connectivity index (χ4v) is 1.78. The molecule has 0 amide bonds. The Bertz CT molecular complexity index is 456. The zero-order valence-electron chi connectivity index (χ0n) is 12.4. The van der Waals surface area contributed by atoms with Crippen LogP contribution in [0.25, 0.3) is 0 Å². The molecule has 6 nitrogen and oxygen atoms in total. The molecule has 1 heterocycles. The van der Waals surface area contributed by atoms with Crippen LogP contribution < -0.4 is 5.43 Å². The van der Waals surface area contributed by atoms with Gasteiger partial charge in [-0.05, 0) is 27.7 Å². The molecule has 0 aromatic rings. The van der Waals surface area contributed by atoms with Crippen LogP contribution in [0, 0.1) is 0 Å². The van der Waals surface area contributed by atoms with E-state index in [1.165, 1.54) is 0 Å². The molecule has 1 aliphatic rings. The summed E-state index contributed by atoms with van der Waals surface area (Å²) in [5, 5.41) is 10.2. The molecular weight excluding hydrogens is 296 g/mol. The van der Waals surface area contributed by atoms with Crippen molar-refractivity contribution in [2.24, 2.45) is 10.2 Å². The highest BCUT2D eigenvalue weighted by Gasteiger charge is 2.44. The van der Waals surface area contributed by atoms with Crippen LogP contribution in [-0.4, -0.2) is 52.5 Å². The number of rotatable bonds is 4. The molecule has 8 heteroatoms. The van der Waals surface area contributed by atoms with Gasteiger partial charge in [-0.1, -0.05) is 24.4 Å². The molecule has 0 spiro atoms. The van der Waals surface area contributed by atoms with Crippen LogP contribution >= 0.6 is 24.4 Å². The highest BCUT2D eigenvalue weighted by Crippen LogP contribution is 2.24. The summed E-state index contributed by atoms with van der Waals surface area (Å²) < 4.78 is 11.5. The Hall–Kier alpha value is -0.960. The summed E-state index contributed by atoms with van der Waals surface area (Å²) in [6, 6.07) is 0. The van der Waals surface area contributed by atoms with Gasteiger partial charge in [-0.3, -0.25) is 10.4 Å². The highest BCUT2D eigenvalue weighted by molar-refractivity contribution is 7.80. The Kier molecular flexibility index (Phi) is 6.12. The van der Waals surface area contributed by atoms with Gasteiger partial charge in [0.05, 0.1) is 23.2 Å². The number of thiocarbonyl (C=S) groups is 2. The first-order valence-corrected chi connectivity index (χ1v) is 7.00. The third kappa shape index (κ3) is 4.02. The molecule has 20 heavy (non-hydrogen) atoms. The molecule has 0 aliphatic carbocycles. The molecule has 0 saturated carbocycles. The van der Waals surface area contributed by atoms with E-state index >= 15 is 0 Å². The zero-order valence-corrected chi connectivity index (χ0v) is 14.0. The lowest BCUT2D eigenvalue weighted by molar-refractivity contribution is -0.0410. The van der Waals surface area contributed by atoms with E-state index in [0.717, 1.165) is 0 Å². The van der Waals surface area contributed by atoms with Crippen LogP contribution in [0.3, 0.4) is 0 Å². The van der Waals surface area contributed by atoms with Crippen LogP contribution in [0.2, 0.25) is 0 Å². The fourth-order valence-electron chi connectivity index (χ4n) is 1.69. The van der Waals surface area contributed by atoms with Crippen LogP contribution in [0.4, 0.5) is 0 Å². The van der Waals surface area contributed by atoms with E-state index in [2.05, 4.69) is 15.6 Å². The van der Waals surface area contributed by atoms with Gasteiger partial charge in [0, 0.05) is 7.05 Å². The number of nitrogens with one attached hydrogen (secondary N) is 1. The minimum atomic E-state index is -1.06. The van der Waals surface area contributed by atoms with Gasteiger partial charge in [0.15, 0.2) is 0 Å². The van der Waals surface area contributed by atoms with Crippen molar-refractivity contribution in [3.05, 3.63) is 0 Å². The van der Waals surface area contributed by atoms with E-state index in [1.807, 2.05) is 6.92 Å². The number of hydrazone groups is 2. The Morgan fingerprint density at radius 3 is 2.10 bits per heavy atom. The van der Waals surface area contributed by atoms with Gasteiger partial charge in [0.1, 0.15) is 11.4 Å². The maximum absolute atomic E-state index is 5.74. The summed E-state index contributed by atoms with van der Waals surface area (Å²) >= 11 is 10.0. The number of ether oxygens (including phenoxy) is 2. The topological polar surface area (TPSA) is 58.5 Å². The number of nitrogens with zero attached hydrogens (tertiary/aromatic N) is 3. The minimum Gasteiger partial charge on any atom is -0.338 e. The Morgan fingerprint density at radius 1 is 1.10 bits per heavy atom. The van der Waals surface area contributed by atoms with Crippen molar-refractivity contribution in [3.8, 4) is 0 Å². The molecule has 0 unspecified atom stereocenters. The molecule has 0 bridgehead atoms. The van der Waals surface area contributed by atoms with Gasteiger partial charge in [-0.2, -0.15) is 10.2 Å². The Balaban J connectivity index is 3.06. The summed E-state index contributed by atoms with van der Waals surface area (Å²) in [6.07, 6.45) is 0. The van der Waals surface area contributed by atoms with Crippen LogP contribution in [0.15, 0.2) is 10.2 Å². The SMILES string of the molecule is CC(=S)N/N=C(\C)C1(/C(C)=N/N(C)C(C)=S)OCCO1. The number of hydrogen-bond donors (Lipinski definition) is 1. The lowest BCUT2D eigenvalue weighted by Gasteiger charge is -2.28. The van der Waals surface area contributed by atoms with Crippen molar-refractivity contribution in [2.75, 3.05) is 20.3 Å². The molecule has 1 rings (SSSR count). The first-order valence-electron chi connectivity index (χ1n) is 6.19. The standard InChI is InChI=1S/C12H20N4O2S2/c1-8(13-14-10(3)19)12(17-6-7-18-12)9(2)15-16(5)11(4)20/h6-7H2,1-5H3,(H,14,19)/b13-8+,15-9+. The van der Waals surface area contributed by atoms with Crippen molar-refractivity contribution >= 4 is 45.8 Å². The molecule has 0 radical (unpaired) electrons. The monoisotopic (exact) mass is 316 g/mol. The highest BCUT2D eigenvalue weighted by atomic mass is 32.1. The minimum absolute atomic E-state index is 0.483. The molecule has 1 fully saturated rings. The first kappa shape index (κ1) is 17.1. The smallest absolute Gasteiger partial charge is 0.252 e. The van der Waals surface area contributed by atoms with Gasteiger partial charge >= 0.3 is 0 Å². The van der Waals surface area contributed by atoms with Crippen LogP contribution in [0.5, 0.6) is 0 Å². The van der Waals surface area contributed by atoms with E-state index in [-0.39, 0.29) is 0 Å². The zero-order chi connectivity index (χ0) is 15.3. The maximum atomic E-state index is 5.74. The maximum Gasteiger partial charge on any atom is 0.252 e. The second kappa shape index (κ2) is 7.16. The number of hydrogen-bond acceptors (Lipinski definition) is 6. The van der Waals surface area contributed by atoms with Crippen LogP contribution in [0.1, 0.15) is 27.7 Å². The van der Waals surface area contributed by atoms with Crippen molar-refractivity contribution in [3.63, 3.8) is 0 Å². The average molecular weight is 316 g/mol. The second-order valence-corrected chi connectivity index (χ2v) is 5.61. The summed E-state index contributed by atoms with van der Waals surface area (Å²) in [7, 11) is 1.78. The molecular formula is C12H20N4O2S2. The molecule has 1 N–H and O–H groups in total. The van der Waals surface area contributed by atoms with Gasteiger partial charge in [0.25, 0.3) is 5.79 Å². The first-order chi connectivity index (χ1) is 9.29.